The predicted molar refractivity (Wildman–Crippen MR) is 124 cm³/mol. The topological polar surface area (TPSA) is 84.2 Å². The molecule has 33 heavy (non-hydrogen) atoms. The monoisotopic (exact) mass is 462 g/mol. The minimum atomic E-state index is -0.200. The van der Waals surface area contributed by atoms with Gasteiger partial charge in [-0.1, -0.05) is 35.9 Å². The summed E-state index contributed by atoms with van der Waals surface area (Å²) >= 11 is 6.08. The average Bonchev–Trinajstić information content (AvgIpc) is 3.59. The average molecular weight is 463 g/mol. The van der Waals surface area contributed by atoms with E-state index in [2.05, 4.69) is 15.2 Å². The Morgan fingerprint density at radius 2 is 2.12 bits per heavy atom. The number of hydrogen-bond acceptors (Lipinski definition) is 5. The molecular weight excluding hydrogens is 440 g/mol. The molecular formula is C25H23ClN4O3. The van der Waals surface area contributed by atoms with E-state index in [4.69, 9.17) is 20.8 Å². The summed E-state index contributed by atoms with van der Waals surface area (Å²) in [6, 6.07) is 16.8. The SMILES string of the molecule is COc1cccc(-c2cc(C(=O)N3CCC[C@H]3c3ncc(Cc4cccc(Cl)c4)o3)[nH]n2)c1. The van der Waals surface area contributed by atoms with Crippen LogP contribution < -0.4 is 4.74 Å². The molecule has 3 heterocycles. The van der Waals surface area contributed by atoms with Gasteiger partial charge < -0.3 is 14.1 Å². The van der Waals surface area contributed by atoms with E-state index in [1.807, 2.05) is 48.5 Å². The standard InChI is InChI=1S/C25H23ClN4O3/c1-32-19-8-3-6-17(13-19)21-14-22(29-28-21)25(31)30-10-4-9-23(30)24-27-15-20(33-24)12-16-5-2-7-18(26)11-16/h2-3,5-8,11,13-15,23H,4,9-10,12H2,1H3,(H,28,29)/t23-/m0/s1. The molecule has 168 valence electrons. The summed E-state index contributed by atoms with van der Waals surface area (Å²) < 4.78 is 11.3. The second-order valence-electron chi connectivity index (χ2n) is 8.03. The molecule has 0 radical (unpaired) electrons. The molecule has 0 unspecified atom stereocenters. The van der Waals surface area contributed by atoms with E-state index in [0.717, 1.165) is 35.5 Å². The van der Waals surface area contributed by atoms with Gasteiger partial charge in [-0.15, -0.1) is 0 Å². The molecule has 4 aromatic rings. The van der Waals surface area contributed by atoms with E-state index >= 15 is 0 Å². The molecule has 0 spiro atoms. The number of benzene rings is 2. The Labute approximate surface area is 196 Å². The number of methoxy groups -OCH3 is 1. The van der Waals surface area contributed by atoms with Crippen LogP contribution in [0.5, 0.6) is 5.75 Å². The third-order valence-corrected chi connectivity index (χ3v) is 6.05. The normalized spacial score (nSPS) is 15.7. The first-order valence-corrected chi connectivity index (χ1v) is 11.2. The zero-order valence-electron chi connectivity index (χ0n) is 18.1. The number of nitrogens with zero attached hydrogens (tertiary/aromatic N) is 3. The Balaban J connectivity index is 1.32. The van der Waals surface area contributed by atoms with E-state index in [1.54, 1.807) is 24.3 Å². The van der Waals surface area contributed by atoms with Gasteiger partial charge in [0.25, 0.3) is 5.91 Å². The zero-order valence-corrected chi connectivity index (χ0v) is 18.9. The summed E-state index contributed by atoms with van der Waals surface area (Å²) in [5, 5.41) is 7.91. The zero-order chi connectivity index (χ0) is 22.8. The minimum Gasteiger partial charge on any atom is -0.497 e. The molecule has 8 heteroatoms. The van der Waals surface area contributed by atoms with Crippen LogP contribution in [0.4, 0.5) is 0 Å². The van der Waals surface area contributed by atoms with Crippen molar-refractivity contribution in [2.75, 3.05) is 13.7 Å². The minimum absolute atomic E-state index is 0.117. The van der Waals surface area contributed by atoms with Crippen molar-refractivity contribution in [1.82, 2.24) is 20.1 Å². The summed E-state index contributed by atoms with van der Waals surface area (Å²) in [5.74, 6) is 1.92. The van der Waals surface area contributed by atoms with Crippen molar-refractivity contribution in [2.45, 2.75) is 25.3 Å². The van der Waals surface area contributed by atoms with Crippen LogP contribution in [0.15, 0.2) is 65.2 Å². The lowest BCUT2D eigenvalue weighted by atomic mass is 10.1. The fourth-order valence-electron chi connectivity index (χ4n) is 4.19. The van der Waals surface area contributed by atoms with Crippen molar-refractivity contribution in [3.05, 3.63) is 88.7 Å². The van der Waals surface area contributed by atoms with Gasteiger partial charge in [0.05, 0.1) is 19.0 Å². The highest BCUT2D eigenvalue weighted by Crippen LogP contribution is 2.33. The maximum Gasteiger partial charge on any atom is 0.272 e. The molecule has 1 N–H and O–H groups in total. The van der Waals surface area contributed by atoms with Crippen LogP contribution in [-0.2, 0) is 6.42 Å². The first-order chi connectivity index (χ1) is 16.1. The Hall–Kier alpha value is -3.58. The van der Waals surface area contributed by atoms with Gasteiger partial charge in [-0.05, 0) is 48.7 Å². The van der Waals surface area contributed by atoms with Crippen LogP contribution in [0, 0.1) is 0 Å². The number of aromatic amines is 1. The number of carbonyl (C=O) groups excluding carboxylic acids is 1. The van der Waals surface area contributed by atoms with Crippen LogP contribution in [-0.4, -0.2) is 39.6 Å². The molecule has 0 bridgehead atoms. The van der Waals surface area contributed by atoms with E-state index < -0.39 is 0 Å². The van der Waals surface area contributed by atoms with Crippen LogP contribution in [0.3, 0.4) is 0 Å². The lowest BCUT2D eigenvalue weighted by molar-refractivity contribution is 0.0708. The maximum absolute atomic E-state index is 13.3. The molecule has 2 aromatic carbocycles. The Morgan fingerprint density at radius 1 is 1.24 bits per heavy atom. The number of nitrogens with one attached hydrogen (secondary N) is 1. The predicted octanol–water partition coefficient (Wildman–Crippen LogP) is 5.29. The molecule has 5 rings (SSSR count). The molecule has 1 aliphatic heterocycles. The summed E-state index contributed by atoms with van der Waals surface area (Å²) in [7, 11) is 1.62. The second-order valence-corrected chi connectivity index (χ2v) is 8.46. The van der Waals surface area contributed by atoms with Gasteiger partial charge in [0.2, 0.25) is 5.89 Å². The van der Waals surface area contributed by atoms with Gasteiger partial charge in [-0.25, -0.2) is 4.98 Å². The molecule has 7 nitrogen and oxygen atoms in total. The Bertz CT molecular complexity index is 1280. The van der Waals surface area contributed by atoms with Crippen molar-refractivity contribution in [3.8, 4) is 17.0 Å². The third-order valence-electron chi connectivity index (χ3n) is 5.81. The number of amides is 1. The van der Waals surface area contributed by atoms with Crippen molar-refractivity contribution in [3.63, 3.8) is 0 Å². The highest BCUT2D eigenvalue weighted by Gasteiger charge is 2.34. The number of carbonyl (C=O) groups is 1. The molecule has 1 saturated heterocycles. The summed E-state index contributed by atoms with van der Waals surface area (Å²) in [6.45, 7) is 0.642. The van der Waals surface area contributed by atoms with Crippen molar-refractivity contribution >= 4 is 17.5 Å². The maximum atomic E-state index is 13.3. The van der Waals surface area contributed by atoms with Crippen LogP contribution in [0.1, 0.15) is 46.6 Å². The first-order valence-electron chi connectivity index (χ1n) is 10.8. The number of oxazole rings is 1. The van der Waals surface area contributed by atoms with E-state index in [-0.39, 0.29) is 11.9 Å². The van der Waals surface area contributed by atoms with E-state index in [1.165, 1.54) is 0 Å². The summed E-state index contributed by atoms with van der Waals surface area (Å²) in [4.78, 5) is 19.6. The number of likely N-dealkylation sites (tertiary alicyclic amines) is 1. The van der Waals surface area contributed by atoms with Crippen molar-refractivity contribution < 1.29 is 13.9 Å². The van der Waals surface area contributed by atoms with E-state index in [0.29, 0.717) is 35.3 Å². The largest absolute Gasteiger partial charge is 0.497 e. The molecule has 1 fully saturated rings. The summed E-state index contributed by atoms with van der Waals surface area (Å²) in [5.41, 5.74) is 3.05. The van der Waals surface area contributed by atoms with Crippen LogP contribution >= 0.6 is 11.6 Å². The smallest absolute Gasteiger partial charge is 0.272 e. The summed E-state index contributed by atoms with van der Waals surface area (Å²) in [6.07, 6.45) is 4.02. The Kier molecular flexibility index (Phi) is 5.88. The van der Waals surface area contributed by atoms with Crippen molar-refractivity contribution in [1.29, 1.82) is 0 Å². The number of aromatic nitrogens is 3. The van der Waals surface area contributed by atoms with Gasteiger partial charge in [0, 0.05) is 23.6 Å². The van der Waals surface area contributed by atoms with Crippen LogP contribution in [0.25, 0.3) is 11.3 Å². The van der Waals surface area contributed by atoms with Gasteiger partial charge >= 0.3 is 0 Å². The highest BCUT2D eigenvalue weighted by molar-refractivity contribution is 6.30. The Morgan fingerprint density at radius 3 is 2.97 bits per heavy atom. The first kappa shape index (κ1) is 21.3. The molecule has 1 aliphatic rings. The molecule has 0 saturated carbocycles. The molecule has 1 amide bonds. The van der Waals surface area contributed by atoms with Gasteiger partial charge in [-0.3, -0.25) is 9.89 Å². The quantitative estimate of drug-likeness (QED) is 0.420. The van der Waals surface area contributed by atoms with Gasteiger partial charge in [0.15, 0.2) is 0 Å². The number of ether oxygens (including phenoxy) is 1. The lowest BCUT2D eigenvalue weighted by Crippen LogP contribution is -2.31. The number of rotatable bonds is 6. The van der Waals surface area contributed by atoms with Gasteiger partial charge in [0.1, 0.15) is 23.2 Å². The highest BCUT2D eigenvalue weighted by atomic mass is 35.5. The second kappa shape index (κ2) is 9.11. The van der Waals surface area contributed by atoms with Crippen molar-refractivity contribution in [2.24, 2.45) is 0 Å². The number of halogens is 1. The van der Waals surface area contributed by atoms with Crippen LogP contribution in [0.2, 0.25) is 5.02 Å². The van der Waals surface area contributed by atoms with Gasteiger partial charge in [-0.2, -0.15) is 5.10 Å². The molecule has 2 aromatic heterocycles. The lowest BCUT2D eigenvalue weighted by Gasteiger charge is -2.21. The molecule has 0 aliphatic carbocycles. The third kappa shape index (κ3) is 4.50. The number of H-pyrrole nitrogens is 1. The fraction of sp³-hybridized carbons (Fsp3) is 0.240. The number of hydrogen-bond donors (Lipinski definition) is 1. The molecule has 1 atom stereocenters. The van der Waals surface area contributed by atoms with E-state index in [9.17, 15) is 4.79 Å². The fourth-order valence-corrected chi connectivity index (χ4v) is 4.40.